The molecule has 1 fully saturated rings. The third-order valence-corrected chi connectivity index (χ3v) is 10.7. The molecular formula is C42H44N10O7. The lowest BCUT2D eigenvalue weighted by atomic mass is 9.99. The first kappa shape index (κ1) is 39.3. The van der Waals surface area contributed by atoms with E-state index in [-0.39, 0.29) is 37.2 Å². The van der Waals surface area contributed by atoms with Crippen molar-refractivity contribution in [1.82, 2.24) is 34.9 Å². The average molecular weight is 801 g/mol. The van der Waals surface area contributed by atoms with Gasteiger partial charge in [-0.25, -0.2) is 9.67 Å². The molecule has 59 heavy (non-hydrogen) atoms. The fourth-order valence-corrected chi connectivity index (χ4v) is 7.66. The Balaban J connectivity index is 0.761. The average Bonchev–Trinajstić information content (AvgIpc) is 3.65. The van der Waals surface area contributed by atoms with Gasteiger partial charge in [-0.2, -0.15) is 10.1 Å². The second-order valence-corrected chi connectivity index (χ2v) is 14.9. The Kier molecular flexibility index (Phi) is 11.1. The summed E-state index contributed by atoms with van der Waals surface area (Å²) < 4.78 is 13.1. The van der Waals surface area contributed by atoms with E-state index in [0.717, 1.165) is 58.8 Å². The van der Waals surface area contributed by atoms with Crippen LogP contribution in [0.4, 0.5) is 28.8 Å². The number of aromatic nitrogens is 4. The quantitative estimate of drug-likeness (QED) is 0.0932. The number of para-hydroxylation sites is 1. The molecule has 0 spiro atoms. The summed E-state index contributed by atoms with van der Waals surface area (Å²) in [4.78, 5) is 75.0. The van der Waals surface area contributed by atoms with Crippen LogP contribution in [0.15, 0.2) is 60.8 Å². The summed E-state index contributed by atoms with van der Waals surface area (Å²) in [6.45, 7) is 7.33. The van der Waals surface area contributed by atoms with Crippen molar-refractivity contribution in [3.05, 3.63) is 94.2 Å². The molecule has 4 N–H and O–H groups in total. The zero-order valence-corrected chi connectivity index (χ0v) is 33.0. The number of imide groups is 2. The maximum Gasteiger partial charge on any atom is 0.262 e. The van der Waals surface area contributed by atoms with Gasteiger partial charge in [0.25, 0.3) is 11.8 Å². The van der Waals surface area contributed by atoms with E-state index in [4.69, 9.17) is 14.5 Å². The van der Waals surface area contributed by atoms with Gasteiger partial charge < -0.3 is 25.4 Å². The fourth-order valence-electron chi connectivity index (χ4n) is 7.66. The van der Waals surface area contributed by atoms with Crippen LogP contribution in [0, 0.1) is 13.8 Å². The molecule has 0 bridgehead atoms. The van der Waals surface area contributed by atoms with Gasteiger partial charge in [0.05, 0.1) is 36.3 Å². The lowest BCUT2D eigenvalue weighted by Crippen LogP contribution is -2.54. The van der Waals surface area contributed by atoms with Gasteiger partial charge in [0.15, 0.2) is 11.5 Å². The van der Waals surface area contributed by atoms with E-state index in [2.05, 4.69) is 80.4 Å². The number of nitrogens with zero attached hydrogens (tertiary/aromatic N) is 6. The Hall–Kier alpha value is -6.56. The first-order valence-corrected chi connectivity index (χ1v) is 19.5. The normalized spacial score (nSPS) is 16.6. The molecule has 1 saturated heterocycles. The van der Waals surface area contributed by atoms with Gasteiger partial charge in [-0.3, -0.25) is 39.1 Å². The van der Waals surface area contributed by atoms with Crippen LogP contribution >= 0.6 is 0 Å². The van der Waals surface area contributed by atoms with E-state index in [0.29, 0.717) is 36.3 Å². The molecule has 3 aliphatic heterocycles. The van der Waals surface area contributed by atoms with E-state index >= 15 is 0 Å². The summed E-state index contributed by atoms with van der Waals surface area (Å²) >= 11 is 0. The minimum absolute atomic E-state index is 0.0302. The fraction of sp³-hybridized carbons (Fsp3) is 0.333. The van der Waals surface area contributed by atoms with Crippen LogP contribution in [0.25, 0.3) is 11.0 Å². The Bertz CT molecular complexity index is 2480. The van der Waals surface area contributed by atoms with Crippen molar-refractivity contribution in [1.29, 1.82) is 0 Å². The number of fused-ring (bicyclic) bond motifs is 3. The summed E-state index contributed by atoms with van der Waals surface area (Å²) in [5.74, 6) is -1.65. The molecule has 0 aliphatic carbocycles. The second kappa shape index (κ2) is 16.7. The smallest absolute Gasteiger partial charge is 0.262 e. The standard InChI is InChI=1S/C42H44N10O7/c1-24-5-4-6-25(2)36(24)47-37-32-21-43-42(48-38(32)50(3)49-37)45-28-8-7-26-13-14-51(22-27(26)19-28)15-16-58-17-18-59-23-35(54)44-29-9-10-30-31(20-29)41(57)52(40(30)56)33-11-12-34(53)46-39(33)55/h4-10,19-21,33H,11-18,22-23H2,1-3H3,(H,44,54)(H,47,49)(H,43,45,48)(H,46,53,55). The number of amides is 5. The summed E-state index contributed by atoms with van der Waals surface area (Å²) in [6, 6.07) is 15.8. The number of carbonyl (C=O) groups excluding carboxylic acids is 5. The highest BCUT2D eigenvalue weighted by Gasteiger charge is 2.44. The highest BCUT2D eigenvalue weighted by atomic mass is 16.5. The molecule has 304 valence electrons. The monoisotopic (exact) mass is 800 g/mol. The largest absolute Gasteiger partial charge is 0.378 e. The number of nitrogens with one attached hydrogen (secondary N) is 4. The Labute approximate surface area is 339 Å². The number of rotatable bonds is 14. The van der Waals surface area contributed by atoms with Crippen LogP contribution in [0.5, 0.6) is 0 Å². The topological polar surface area (TPSA) is 202 Å². The third-order valence-electron chi connectivity index (χ3n) is 10.7. The summed E-state index contributed by atoms with van der Waals surface area (Å²) in [5, 5.41) is 17.2. The van der Waals surface area contributed by atoms with Crippen molar-refractivity contribution in [2.24, 2.45) is 7.05 Å². The van der Waals surface area contributed by atoms with Crippen molar-refractivity contribution in [3.63, 3.8) is 0 Å². The highest BCUT2D eigenvalue weighted by molar-refractivity contribution is 6.24. The molecule has 3 aliphatic rings. The molecule has 0 saturated carbocycles. The lowest BCUT2D eigenvalue weighted by molar-refractivity contribution is -0.136. The molecule has 2 aromatic heterocycles. The van der Waals surface area contributed by atoms with Crippen LogP contribution in [-0.2, 0) is 43.9 Å². The highest BCUT2D eigenvalue weighted by Crippen LogP contribution is 2.31. The Morgan fingerprint density at radius 2 is 1.66 bits per heavy atom. The zero-order valence-electron chi connectivity index (χ0n) is 33.0. The molecule has 8 rings (SSSR count). The Morgan fingerprint density at radius 1 is 0.881 bits per heavy atom. The van der Waals surface area contributed by atoms with Gasteiger partial charge in [0.1, 0.15) is 12.6 Å². The zero-order chi connectivity index (χ0) is 41.2. The predicted octanol–water partition coefficient (Wildman–Crippen LogP) is 3.90. The van der Waals surface area contributed by atoms with Gasteiger partial charge in [-0.1, -0.05) is 24.3 Å². The molecule has 0 radical (unpaired) electrons. The van der Waals surface area contributed by atoms with Crippen LogP contribution < -0.4 is 21.3 Å². The third kappa shape index (κ3) is 8.39. The Morgan fingerprint density at radius 3 is 2.47 bits per heavy atom. The molecular weight excluding hydrogens is 757 g/mol. The van der Waals surface area contributed by atoms with Crippen molar-refractivity contribution in [2.75, 3.05) is 55.5 Å². The lowest BCUT2D eigenvalue weighted by Gasteiger charge is -2.29. The van der Waals surface area contributed by atoms with Crippen molar-refractivity contribution in [3.8, 4) is 0 Å². The van der Waals surface area contributed by atoms with E-state index in [1.807, 2.05) is 13.1 Å². The number of piperidine rings is 1. The van der Waals surface area contributed by atoms with Crippen molar-refractivity contribution < 1.29 is 33.4 Å². The summed E-state index contributed by atoms with van der Waals surface area (Å²) in [5.41, 5.74) is 7.94. The molecule has 5 aromatic rings. The minimum atomic E-state index is -1.06. The maximum atomic E-state index is 13.1. The number of anilines is 5. The SMILES string of the molecule is Cc1cccc(C)c1Nc1nn(C)c2nc(Nc3ccc4c(c3)CN(CCOCCOCC(=O)Nc3ccc5c(c3)C(=O)N(C3CCC(=O)NC3=O)C5=O)CC4)ncc12. The van der Waals surface area contributed by atoms with E-state index in [1.54, 1.807) is 10.9 Å². The first-order valence-electron chi connectivity index (χ1n) is 19.5. The summed E-state index contributed by atoms with van der Waals surface area (Å²) in [7, 11) is 1.87. The molecule has 1 unspecified atom stereocenters. The van der Waals surface area contributed by atoms with Gasteiger partial charge in [0.2, 0.25) is 23.7 Å². The molecule has 3 aromatic carbocycles. The van der Waals surface area contributed by atoms with Crippen LogP contribution in [0.1, 0.15) is 55.8 Å². The molecule has 1 atom stereocenters. The van der Waals surface area contributed by atoms with Gasteiger partial charge in [-0.05, 0) is 79.3 Å². The van der Waals surface area contributed by atoms with Crippen LogP contribution in [-0.4, -0.2) is 105 Å². The van der Waals surface area contributed by atoms with E-state index < -0.39 is 35.6 Å². The molecule has 17 heteroatoms. The number of benzene rings is 3. The van der Waals surface area contributed by atoms with Crippen molar-refractivity contribution >= 4 is 69.4 Å². The van der Waals surface area contributed by atoms with E-state index in [1.165, 1.54) is 29.3 Å². The van der Waals surface area contributed by atoms with Gasteiger partial charge >= 0.3 is 0 Å². The predicted molar refractivity (Wildman–Crippen MR) is 218 cm³/mol. The number of ether oxygens (including phenoxy) is 2. The van der Waals surface area contributed by atoms with Gasteiger partial charge in [0, 0.05) is 56.4 Å². The summed E-state index contributed by atoms with van der Waals surface area (Å²) in [6.07, 6.45) is 2.81. The number of hydrogen-bond acceptors (Lipinski definition) is 13. The first-order chi connectivity index (χ1) is 28.5. The second-order valence-electron chi connectivity index (χ2n) is 14.9. The van der Waals surface area contributed by atoms with Crippen LogP contribution in [0.2, 0.25) is 0 Å². The molecule has 5 amide bonds. The maximum absolute atomic E-state index is 13.1. The number of aryl methyl sites for hydroxylation is 3. The molecule has 5 heterocycles. The number of hydrogen-bond donors (Lipinski definition) is 4. The van der Waals surface area contributed by atoms with E-state index in [9.17, 15) is 24.0 Å². The molecule has 17 nitrogen and oxygen atoms in total. The van der Waals surface area contributed by atoms with Crippen LogP contribution in [0.3, 0.4) is 0 Å². The van der Waals surface area contributed by atoms with Crippen molar-refractivity contribution in [2.45, 2.75) is 45.7 Å². The van der Waals surface area contributed by atoms with Gasteiger partial charge in [-0.15, -0.1) is 0 Å². The number of carbonyl (C=O) groups is 5. The minimum Gasteiger partial charge on any atom is -0.378 e.